The van der Waals surface area contributed by atoms with Gasteiger partial charge in [0.2, 0.25) is 5.91 Å². The lowest BCUT2D eigenvalue weighted by molar-refractivity contribution is -0.134. The highest BCUT2D eigenvalue weighted by molar-refractivity contribution is 6.33. The van der Waals surface area contributed by atoms with Crippen molar-refractivity contribution in [2.45, 2.75) is 26.2 Å². The van der Waals surface area contributed by atoms with Crippen LogP contribution in [0.3, 0.4) is 0 Å². The zero-order chi connectivity index (χ0) is 19.4. The van der Waals surface area contributed by atoms with Gasteiger partial charge in [-0.1, -0.05) is 24.6 Å². The molecule has 148 valence electrons. The van der Waals surface area contributed by atoms with E-state index >= 15 is 0 Å². The minimum atomic E-state index is -0.610. The van der Waals surface area contributed by atoms with Crippen LogP contribution in [0.4, 0.5) is 4.39 Å². The van der Waals surface area contributed by atoms with Crippen LogP contribution in [-0.4, -0.2) is 60.9 Å². The van der Waals surface area contributed by atoms with E-state index in [1.807, 2.05) is 4.90 Å². The van der Waals surface area contributed by atoms with Crippen molar-refractivity contribution in [3.63, 3.8) is 0 Å². The quantitative estimate of drug-likeness (QED) is 0.852. The number of amides is 2. The summed E-state index contributed by atoms with van der Waals surface area (Å²) in [4.78, 5) is 28.6. The first-order valence-electron chi connectivity index (χ1n) is 9.69. The molecular formula is C20H27ClFN3O2. The molecule has 2 amide bonds. The Morgan fingerprint density at radius 2 is 1.96 bits per heavy atom. The van der Waals surface area contributed by atoms with Crippen molar-refractivity contribution in [2.24, 2.45) is 11.8 Å². The molecule has 2 aliphatic heterocycles. The molecule has 2 fully saturated rings. The second kappa shape index (κ2) is 9.02. The molecule has 0 bridgehead atoms. The third-order valence-electron chi connectivity index (χ3n) is 5.73. The normalized spacial score (nSPS) is 21.8. The fourth-order valence-corrected chi connectivity index (χ4v) is 4.20. The Balaban J connectivity index is 1.52. The molecule has 1 aromatic rings. The average molecular weight is 396 g/mol. The number of hydrogen-bond donors (Lipinski definition) is 1. The van der Waals surface area contributed by atoms with Gasteiger partial charge in [-0.05, 0) is 49.9 Å². The van der Waals surface area contributed by atoms with Crippen LogP contribution in [0.2, 0.25) is 5.02 Å². The van der Waals surface area contributed by atoms with Crippen molar-refractivity contribution in [3.8, 4) is 0 Å². The lowest BCUT2D eigenvalue weighted by Crippen LogP contribution is -2.51. The summed E-state index contributed by atoms with van der Waals surface area (Å²) in [6, 6.07) is 4.23. The predicted octanol–water partition coefficient (Wildman–Crippen LogP) is 2.79. The van der Waals surface area contributed by atoms with Crippen LogP contribution >= 0.6 is 11.6 Å². The summed E-state index contributed by atoms with van der Waals surface area (Å²) in [6.45, 7) is 5.95. The Labute approximate surface area is 164 Å². The molecule has 0 radical (unpaired) electrons. The Bertz CT molecular complexity index is 666. The van der Waals surface area contributed by atoms with E-state index in [1.54, 1.807) is 4.90 Å². The van der Waals surface area contributed by atoms with Gasteiger partial charge in [-0.3, -0.25) is 9.59 Å². The molecule has 2 saturated heterocycles. The van der Waals surface area contributed by atoms with Crippen LogP contribution in [0.1, 0.15) is 36.5 Å². The molecule has 5 nitrogen and oxygen atoms in total. The number of nitrogens with zero attached hydrogens (tertiary/aromatic N) is 2. The number of carbonyl (C=O) groups excluding carboxylic acids is 2. The molecule has 2 aliphatic rings. The van der Waals surface area contributed by atoms with Gasteiger partial charge in [-0.25, -0.2) is 4.39 Å². The molecule has 0 saturated carbocycles. The van der Waals surface area contributed by atoms with Crippen molar-refractivity contribution in [3.05, 3.63) is 34.6 Å². The summed E-state index contributed by atoms with van der Waals surface area (Å²) < 4.78 is 14.0. The SMILES string of the molecule is CC(CC(=O)N1CCN(C(=O)c2c(F)cccc2Cl)CC1)C1CCCNC1. The van der Waals surface area contributed by atoms with Gasteiger partial charge >= 0.3 is 0 Å². The largest absolute Gasteiger partial charge is 0.339 e. The molecule has 1 N–H and O–H groups in total. The maximum atomic E-state index is 14.0. The van der Waals surface area contributed by atoms with Gasteiger partial charge in [0, 0.05) is 32.6 Å². The Kier molecular flexibility index (Phi) is 6.71. The maximum Gasteiger partial charge on any atom is 0.258 e. The molecule has 1 aromatic carbocycles. The number of nitrogens with one attached hydrogen (secondary N) is 1. The maximum absolute atomic E-state index is 14.0. The van der Waals surface area contributed by atoms with E-state index in [2.05, 4.69) is 12.2 Å². The van der Waals surface area contributed by atoms with Gasteiger partial charge in [0.05, 0.1) is 10.6 Å². The van der Waals surface area contributed by atoms with Crippen LogP contribution in [0.15, 0.2) is 18.2 Å². The highest BCUT2D eigenvalue weighted by Crippen LogP contribution is 2.24. The first kappa shape index (κ1) is 20.1. The Morgan fingerprint density at radius 3 is 2.59 bits per heavy atom. The molecule has 0 aliphatic carbocycles. The van der Waals surface area contributed by atoms with E-state index in [0.717, 1.165) is 13.1 Å². The molecule has 7 heteroatoms. The van der Waals surface area contributed by atoms with Gasteiger partial charge in [0.1, 0.15) is 5.82 Å². The third-order valence-corrected chi connectivity index (χ3v) is 6.05. The molecular weight excluding hydrogens is 369 g/mol. The first-order valence-corrected chi connectivity index (χ1v) is 10.1. The Hall–Kier alpha value is -1.66. The van der Waals surface area contributed by atoms with Crippen LogP contribution in [0.5, 0.6) is 0 Å². The fraction of sp³-hybridized carbons (Fsp3) is 0.600. The van der Waals surface area contributed by atoms with Crippen molar-refractivity contribution in [2.75, 3.05) is 39.3 Å². The lowest BCUT2D eigenvalue weighted by atomic mass is 9.85. The second-order valence-electron chi connectivity index (χ2n) is 7.56. The van der Waals surface area contributed by atoms with Gasteiger partial charge in [-0.2, -0.15) is 0 Å². The number of hydrogen-bond acceptors (Lipinski definition) is 3. The number of benzene rings is 1. The van der Waals surface area contributed by atoms with E-state index < -0.39 is 11.7 Å². The van der Waals surface area contributed by atoms with Gasteiger partial charge < -0.3 is 15.1 Å². The average Bonchev–Trinajstić information content (AvgIpc) is 2.68. The summed E-state index contributed by atoms with van der Waals surface area (Å²) in [7, 11) is 0. The summed E-state index contributed by atoms with van der Waals surface area (Å²) in [5.74, 6) is 0.0211. The van der Waals surface area contributed by atoms with Crippen molar-refractivity contribution >= 4 is 23.4 Å². The summed E-state index contributed by atoms with van der Waals surface area (Å²) >= 11 is 6.00. The molecule has 2 unspecified atom stereocenters. The highest BCUT2D eigenvalue weighted by Gasteiger charge is 2.29. The number of piperazine rings is 1. The minimum Gasteiger partial charge on any atom is -0.339 e. The van der Waals surface area contributed by atoms with Crippen molar-refractivity contribution < 1.29 is 14.0 Å². The lowest BCUT2D eigenvalue weighted by Gasteiger charge is -2.36. The van der Waals surface area contributed by atoms with E-state index in [1.165, 1.54) is 31.0 Å². The van der Waals surface area contributed by atoms with Gasteiger partial charge in [-0.15, -0.1) is 0 Å². The van der Waals surface area contributed by atoms with Gasteiger partial charge in [0.25, 0.3) is 5.91 Å². The molecule has 27 heavy (non-hydrogen) atoms. The van der Waals surface area contributed by atoms with Crippen molar-refractivity contribution in [1.82, 2.24) is 15.1 Å². The third kappa shape index (κ3) is 4.79. The fourth-order valence-electron chi connectivity index (χ4n) is 3.95. The van der Waals surface area contributed by atoms with Gasteiger partial charge in [0.15, 0.2) is 0 Å². The zero-order valence-corrected chi connectivity index (χ0v) is 16.5. The smallest absolute Gasteiger partial charge is 0.258 e. The number of piperidine rings is 1. The zero-order valence-electron chi connectivity index (χ0n) is 15.7. The van der Waals surface area contributed by atoms with Crippen LogP contribution in [0.25, 0.3) is 0 Å². The molecule has 2 atom stereocenters. The summed E-state index contributed by atoms with van der Waals surface area (Å²) in [5, 5.41) is 3.52. The van der Waals surface area contributed by atoms with E-state index in [4.69, 9.17) is 11.6 Å². The summed E-state index contributed by atoms with van der Waals surface area (Å²) in [6.07, 6.45) is 2.88. The van der Waals surface area contributed by atoms with E-state index in [9.17, 15) is 14.0 Å². The van der Waals surface area contributed by atoms with Crippen LogP contribution in [-0.2, 0) is 4.79 Å². The van der Waals surface area contributed by atoms with Crippen molar-refractivity contribution in [1.29, 1.82) is 0 Å². The highest BCUT2D eigenvalue weighted by atomic mass is 35.5. The van der Waals surface area contributed by atoms with E-state index in [0.29, 0.717) is 44.4 Å². The predicted molar refractivity (Wildman–Crippen MR) is 103 cm³/mol. The molecule has 0 aromatic heterocycles. The number of carbonyl (C=O) groups is 2. The first-order chi connectivity index (χ1) is 13.0. The summed E-state index contributed by atoms with van der Waals surface area (Å²) in [5.41, 5.74) is -0.0858. The minimum absolute atomic E-state index is 0.0858. The number of rotatable bonds is 4. The standard InChI is InChI=1S/C20H27ClFN3O2/c1-14(15-4-3-7-23-13-15)12-18(26)24-8-10-25(11-9-24)20(27)19-16(21)5-2-6-17(19)22/h2,5-6,14-15,23H,3-4,7-13H2,1H3. The van der Waals surface area contributed by atoms with E-state index in [-0.39, 0.29) is 16.5 Å². The second-order valence-corrected chi connectivity index (χ2v) is 7.96. The molecule has 2 heterocycles. The monoisotopic (exact) mass is 395 g/mol. The Morgan fingerprint density at radius 1 is 1.26 bits per heavy atom. The molecule has 0 spiro atoms. The topological polar surface area (TPSA) is 52.7 Å². The molecule has 3 rings (SSSR count). The number of halogens is 2. The van der Waals surface area contributed by atoms with Crippen LogP contribution < -0.4 is 5.32 Å². The van der Waals surface area contributed by atoms with Crippen LogP contribution in [0, 0.1) is 17.7 Å².